The summed E-state index contributed by atoms with van der Waals surface area (Å²) in [5.74, 6) is -2.28. The van der Waals surface area contributed by atoms with Gasteiger partial charge in [0.05, 0.1) is 31.5 Å². The van der Waals surface area contributed by atoms with Crippen molar-refractivity contribution in [1.29, 1.82) is 0 Å². The molecule has 3 rings (SSSR count). The van der Waals surface area contributed by atoms with Crippen LogP contribution in [0.4, 0.5) is 0 Å². The van der Waals surface area contributed by atoms with Crippen molar-refractivity contribution in [3.05, 3.63) is 11.8 Å². The molecule has 0 aromatic carbocycles. The third kappa shape index (κ3) is 3.48. The van der Waals surface area contributed by atoms with Gasteiger partial charge < -0.3 is 39.4 Å². The number of fused-ring (bicyclic) bond motifs is 1. The molecule has 0 radical (unpaired) electrons. The average Bonchev–Trinajstić information content (AvgIpc) is 2.96. The number of aliphatic hydroxyl groups excluding tert-OH is 4. The van der Waals surface area contributed by atoms with Crippen molar-refractivity contribution in [3.63, 3.8) is 0 Å². The van der Waals surface area contributed by atoms with Crippen LogP contribution in [0.3, 0.4) is 0 Å². The molecule has 27 heavy (non-hydrogen) atoms. The van der Waals surface area contributed by atoms with Crippen LogP contribution < -0.4 is 0 Å². The fourth-order valence-electron chi connectivity index (χ4n) is 3.96. The van der Waals surface area contributed by atoms with Gasteiger partial charge in [-0.2, -0.15) is 0 Å². The number of aliphatic hydroxyl groups is 4. The van der Waals surface area contributed by atoms with Gasteiger partial charge in [0, 0.05) is 12.3 Å². The van der Waals surface area contributed by atoms with E-state index in [1.807, 2.05) is 6.92 Å². The van der Waals surface area contributed by atoms with Gasteiger partial charge in [0.15, 0.2) is 6.29 Å². The first kappa shape index (κ1) is 20.2. The summed E-state index contributed by atoms with van der Waals surface area (Å²) < 4.78 is 21.2. The largest absolute Gasteiger partial charge is 0.472 e. The second kappa shape index (κ2) is 7.82. The number of carbonyl (C=O) groups is 2. The van der Waals surface area contributed by atoms with Gasteiger partial charge in [-0.25, -0.2) is 4.79 Å². The molecule has 10 heteroatoms. The Morgan fingerprint density at radius 2 is 1.93 bits per heavy atom. The Kier molecular flexibility index (Phi) is 5.84. The topological polar surface area (TPSA) is 152 Å². The summed E-state index contributed by atoms with van der Waals surface area (Å²) in [5, 5.41) is 39.1. The minimum absolute atomic E-state index is 0.102. The van der Waals surface area contributed by atoms with Crippen molar-refractivity contribution in [2.45, 2.75) is 50.3 Å². The molecule has 9 atom stereocenters. The Morgan fingerprint density at radius 1 is 1.22 bits per heavy atom. The molecule has 0 aromatic rings. The zero-order valence-electron chi connectivity index (χ0n) is 14.9. The monoisotopic (exact) mass is 388 g/mol. The van der Waals surface area contributed by atoms with E-state index in [0.717, 1.165) is 6.26 Å². The van der Waals surface area contributed by atoms with Crippen LogP contribution >= 0.6 is 0 Å². The van der Waals surface area contributed by atoms with Crippen LogP contribution in [0.1, 0.15) is 13.3 Å². The van der Waals surface area contributed by atoms with E-state index >= 15 is 0 Å². The second-order valence-corrected chi connectivity index (χ2v) is 7.11. The molecule has 2 fully saturated rings. The summed E-state index contributed by atoms with van der Waals surface area (Å²) in [6.07, 6.45) is -6.93. The Bertz CT molecular complexity index is 617. The minimum Gasteiger partial charge on any atom is -0.472 e. The number of hydrogen-bond donors (Lipinski definition) is 4. The van der Waals surface area contributed by atoms with Crippen LogP contribution in [0.15, 0.2) is 11.8 Å². The summed E-state index contributed by atoms with van der Waals surface area (Å²) in [5.41, 5.74) is 0.102. The zero-order chi connectivity index (χ0) is 19.9. The zero-order valence-corrected chi connectivity index (χ0v) is 14.9. The van der Waals surface area contributed by atoms with Gasteiger partial charge in [-0.05, 0) is 5.92 Å². The van der Waals surface area contributed by atoms with E-state index in [1.165, 1.54) is 7.11 Å². The van der Waals surface area contributed by atoms with E-state index in [1.54, 1.807) is 0 Å². The molecule has 2 aliphatic heterocycles. The molecule has 1 aliphatic carbocycles. The van der Waals surface area contributed by atoms with Gasteiger partial charge in [0.2, 0.25) is 6.29 Å². The maximum Gasteiger partial charge on any atom is 0.337 e. The van der Waals surface area contributed by atoms with Crippen molar-refractivity contribution in [2.24, 2.45) is 17.8 Å². The molecular formula is C17H24O10. The fourth-order valence-corrected chi connectivity index (χ4v) is 3.96. The van der Waals surface area contributed by atoms with Crippen LogP contribution in [0.25, 0.3) is 0 Å². The van der Waals surface area contributed by atoms with E-state index in [4.69, 9.17) is 18.9 Å². The molecule has 1 saturated carbocycles. The van der Waals surface area contributed by atoms with Crippen molar-refractivity contribution >= 4 is 11.8 Å². The van der Waals surface area contributed by atoms with Crippen LogP contribution in [0, 0.1) is 17.8 Å². The van der Waals surface area contributed by atoms with Crippen LogP contribution in [0.2, 0.25) is 0 Å². The molecule has 1 saturated heterocycles. The smallest absolute Gasteiger partial charge is 0.337 e. The third-order valence-electron chi connectivity index (χ3n) is 5.43. The van der Waals surface area contributed by atoms with Crippen molar-refractivity contribution in [2.75, 3.05) is 13.7 Å². The Labute approximate surface area is 155 Å². The molecule has 2 heterocycles. The summed E-state index contributed by atoms with van der Waals surface area (Å²) >= 11 is 0. The fraction of sp³-hybridized carbons (Fsp3) is 0.765. The van der Waals surface area contributed by atoms with Gasteiger partial charge in [-0.15, -0.1) is 0 Å². The molecule has 4 N–H and O–H groups in total. The SMILES string of the molecule is COC(=O)C1=CO[C@@H](O[C@@H]2O[C@H](CO)[C@@H](O)[C@H](O)[C@H]2O)[C@H]2[C@H]1C(=O)C[C@H]2C. The average molecular weight is 388 g/mol. The quantitative estimate of drug-likeness (QED) is 0.400. The Hall–Kier alpha value is -1.56. The lowest BCUT2D eigenvalue weighted by Crippen LogP contribution is -2.60. The molecular weight excluding hydrogens is 364 g/mol. The second-order valence-electron chi connectivity index (χ2n) is 7.11. The molecule has 3 aliphatic rings. The van der Waals surface area contributed by atoms with Crippen LogP contribution in [0.5, 0.6) is 0 Å². The first-order valence-electron chi connectivity index (χ1n) is 8.72. The number of hydrogen-bond acceptors (Lipinski definition) is 10. The number of ether oxygens (including phenoxy) is 4. The predicted molar refractivity (Wildman–Crippen MR) is 85.6 cm³/mol. The maximum atomic E-state index is 12.4. The van der Waals surface area contributed by atoms with Crippen LogP contribution in [-0.2, 0) is 28.5 Å². The van der Waals surface area contributed by atoms with E-state index in [9.17, 15) is 30.0 Å². The highest BCUT2D eigenvalue weighted by Crippen LogP contribution is 2.45. The van der Waals surface area contributed by atoms with Gasteiger partial charge in [0.1, 0.15) is 30.2 Å². The summed E-state index contributed by atoms with van der Waals surface area (Å²) in [6, 6.07) is 0. The van der Waals surface area contributed by atoms with E-state index in [-0.39, 0.29) is 23.7 Å². The lowest BCUT2D eigenvalue weighted by molar-refractivity contribution is -0.342. The highest BCUT2D eigenvalue weighted by molar-refractivity contribution is 5.99. The minimum atomic E-state index is -1.59. The molecule has 0 aromatic heterocycles. The number of esters is 1. The number of carbonyl (C=O) groups excluding carboxylic acids is 2. The van der Waals surface area contributed by atoms with Gasteiger partial charge >= 0.3 is 5.97 Å². The van der Waals surface area contributed by atoms with Crippen molar-refractivity contribution in [3.8, 4) is 0 Å². The highest BCUT2D eigenvalue weighted by atomic mass is 16.8. The highest BCUT2D eigenvalue weighted by Gasteiger charge is 2.54. The molecule has 0 unspecified atom stereocenters. The number of methoxy groups -OCH3 is 1. The van der Waals surface area contributed by atoms with Gasteiger partial charge in [-0.1, -0.05) is 6.92 Å². The maximum absolute atomic E-state index is 12.4. The summed E-state index contributed by atoms with van der Waals surface area (Å²) in [6.45, 7) is 1.22. The molecule has 0 bridgehead atoms. The van der Waals surface area contributed by atoms with Crippen molar-refractivity contribution in [1.82, 2.24) is 0 Å². The summed E-state index contributed by atoms with van der Waals surface area (Å²) in [7, 11) is 1.21. The van der Waals surface area contributed by atoms with Crippen molar-refractivity contribution < 1.29 is 49.0 Å². The van der Waals surface area contributed by atoms with E-state index in [2.05, 4.69) is 0 Å². The third-order valence-corrected chi connectivity index (χ3v) is 5.43. The number of ketones is 1. The Morgan fingerprint density at radius 3 is 2.56 bits per heavy atom. The Balaban J connectivity index is 1.82. The first-order chi connectivity index (χ1) is 12.8. The molecule has 152 valence electrons. The van der Waals surface area contributed by atoms with E-state index in [0.29, 0.717) is 0 Å². The van der Waals surface area contributed by atoms with E-state index < -0.39 is 61.4 Å². The molecule has 0 amide bonds. The summed E-state index contributed by atoms with van der Waals surface area (Å²) in [4.78, 5) is 24.4. The lowest BCUT2D eigenvalue weighted by atomic mass is 9.83. The lowest BCUT2D eigenvalue weighted by Gasteiger charge is -2.42. The number of rotatable bonds is 4. The first-order valence-corrected chi connectivity index (χ1v) is 8.72. The molecule has 0 spiro atoms. The number of Topliss-reactive ketones (excluding diaryl/α,β-unsaturated/α-hetero) is 1. The standard InChI is InChI=1S/C17H24O10/c1-6-3-8(19)11-7(15(23)24-2)5-25-16(10(6)11)27-17-14(22)13(21)12(20)9(4-18)26-17/h5-6,9-14,16-18,20-22H,3-4H2,1-2H3/t6-,9-,10-,11-,12-,13+,14-,16+,17+/m1/s1. The predicted octanol–water partition coefficient (Wildman–Crippen LogP) is -1.94. The normalized spacial score (nSPS) is 44.3. The van der Waals surface area contributed by atoms with Crippen LogP contribution in [-0.4, -0.2) is 82.9 Å². The van der Waals surface area contributed by atoms with Gasteiger partial charge in [0.25, 0.3) is 0 Å². The molecule has 10 nitrogen and oxygen atoms in total. The van der Waals surface area contributed by atoms with Gasteiger partial charge in [-0.3, -0.25) is 4.79 Å².